The molecule has 1 amide bonds. The summed E-state index contributed by atoms with van der Waals surface area (Å²) in [5.41, 5.74) is 2.74. The second-order valence-electron chi connectivity index (χ2n) is 9.22. The lowest BCUT2D eigenvalue weighted by molar-refractivity contribution is -0.123. The molecule has 32 heavy (non-hydrogen) atoms. The number of halogens is 1. The number of aryl methyl sites for hydroxylation is 2. The molecule has 1 saturated carbocycles. The number of nitrogens with one attached hydrogen (secondary N) is 1. The number of amides is 1. The summed E-state index contributed by atoms with van der Waals surface area (Å²) in [6.45, 7) is 8.95. The molecule has 2 heterocycles. The van der Waals surface area contributed by atoms with E-state index < -0.39 is 0 Å². The number of fused-ring (bicyclic) bond motifs is 1. The number of carbonyl (C=O) groups is 1. The molecule has 1 aliphatic rings. The summed E-state index contributed by atoms with van der Waals surface area (Å²) < 4.78 is 3.40. The van der Waals surface area contributed by atoms with E-state index in [0.29, 0.717) is 28.8 Å². The minimum absolute atomic E-state index is 0.0623. The van der Waals surface area contributed by atoms with Gasteiger partial charge in [-0.1, -0.05) is 50.4 Å². The van der Waals surface area contributed by atoms with Crippen molar-refractivity contribution >= 4 is 28.3 Å². The van der Waals surface area contributed by atoms with Crippen LogP contribution < -0.4 is 10.9 Å². The van der Waals surface area contributed by atoms with E-state index in [1.807, 2.05) is 38.1 Å². The molecule has 0 radical (unpaired) electrons. The largest absolute Gasteiger partial charge is 0.351 e. The molecule has 1 N–H and O–H groups in total. The lowest BCUT2D eigenvalue weighted by Gasteiger charge is -2.34. The van der Waals surface area contributed by atoms with Gasteiger partial charge in [0.15, 0.2) is 0 Å². The van der Waals surface area contributed by atoms with E-state index in [4.69, 9.17) is 11.6 Å². The number of hydrogen-bond acceptors (Lipinski definition) is 3. The number of hydrogen-bond donors (Lipinski definition) is 1. The van der Waals surface area contributed by atoms with Crippen molar-refractivity contribution < 1.29 is 4.79 Å². The standard InChI is InChI=1S/C25H31ClN4O2/c1-15-6-5-7-22(16(15)2)28-23(31)14-30-25(32)24-18(4)29(17(3)21(24)12-27-30)13-19-8-10-20(26)11-9-19/h8-12,15-16,22H,5-7,13-14H2,1-4H3,(H,28,31). The van der Waals surface area contributed by atoms with E-state index >= 15 is 0 Å². The van der Waals surface area contributed by atoms with Gasteiger partial charge in [-0.2, -0.15) is 5.10 Å². The molecule has 1 aromatic carbocycles. The highest BCUT2D eigenvalue weighted by Gasteiger charge is 2.28. The van der Waals surface area contributed by atoms with Crippen LogP contribution in [0.4, 0.5) is 0 Å². The zero-order valence-corrected chi connectivity index (χ0v) is 19.9. The smallest absolute Gasteiger partial charge is 0.276 e. The molecule has 0 saturated heterocycles. The first-order chi connectivity index (χ1) is 15.3. The summed E-state index contributed by atoms with van der Waals surface area (Å²) in [7, 11) is 0. The van der Waals surface area contributed by atoms with Gasteiger partial charge in [-0.3, -0.25) is 9.59 Å². The average Bonchev–Trinajstić information content (AvgIpc) is 3.00. The van der Waals surface area contributed by atoms with Crippen LogP contribution in [-0.2, 0) is 17.9 Å². The van der Waals surface area contributed by atoms with Crippen LogP contribution in [0.1, 0.15) is 50.1 Å². The van der Waals surface area contributed by atoms with Crippen LogP contribution >= 0.6 is 11.6 Å². The molecule has 4 rings (SSSR count). The Morgan fingerprint density at radius 2 is 1.88 bits per heavy atom. The first-order valence-electron chi connectivity index (χ1n) is 11.4. The zero-order valence-electron chi connectivity index (χ0n) is 19.2. The predicted octanol–water partition coefficient (Wildman–Crippen LogP) is 4.46. The monoisotopic (exact) mass is 454 g/mol. The van der Waals surface area contributed by atoms with Crippen LogP contribution in [-0.4, -0.2) is 26.3 Å². The number of rotatable bonds is 5. The molecule has 0 spiro atoms. The second kappa shape index (κ2) is 9.10. The molecular weight excluding hydrogens is 424 g/mol. The topological polar surface area (TPSA) is 68.9 Å². The van der Waals surface area contributed by atoms with Crippen molar-refractivity contribution in [2.45, 2.75) is 66.1 Å². The fraction of sp³-hybridized carbons (Fsp3) is 0.480. The average molecular weight is 455 g/mol. The number of aromatic nitrogens is 3. The van der Waals surface area contributed by atoms with Gasteiger partial charge in [-0.05, 0) is 49.8 Å². The minimum Gasteiger partial charge on any atom is -0.351 e. The molecule has 7 heteroatoms. The lowest BCUT2D eigenvalue weighted by Crippen LogP contribution is -2.45. The van der Waals surface area contributed by atoms with E-state index in [1.54, 1.807) is 6.20 Å². The van der Waals surface area contributed by atoms with Gasteiger partial charge < -0.3 is 9.88 Å². The molecule has 3 aromatic rings. The third-order valence-electron chi connectivity index (χ3n) is 7.21. The van der Waals surface area contributed by atoms with Gasteiger partial charge >= 0.3 is 0 Å². The Labute approximate surface area is 193 Å². The van der Waals surface area contributed by atoms with Crippen LogP contribution in [0.15, 0.2) is 35.3 Å². The molecule has 1 aliphatic carbocycles. The number of benzene rings is 1. The molecule has 1 fully saturated rings. The van der Waals surface area contributed by atoms with Gasteiger partial charge in [-0.15, -0.1) is 0 Å². The van der Waals surface area contributed by atoms with Crippen LogP contribution in [0, 0.1) is 25.7 Å². The van der Waals surface area contributed by atoms with Crippen LogP contribution in [0.5, 0.6) is 0 Å². The predicted molar refractivity (Wildman–Crippen MR) is 128 cm³/mol. The third-order valence-corrected chi connectivity index (χ3v) is 7.46. The van der Waals surface area contributed by atoms with Crippen LogP contribution in [0.25, 0.3) is 10.8 Å². The molecular formula is C25H31ClN4O2. The summed E-state index contributed by atoms with van der Waals surface area (Å²) in [5, 5.41) is 9.60. The van der Waals surface area contributed by atoms with E-state index in [2.05, 4.69) is 28.8 Å². The second-order valence-corrected chi connectivity index (χ2v) is 9.66. The molecule has 0 aliphatic heterocycles. The third kappa shape index (κ3) is 4.33. The van der Waals surface area contributed by atoms with Crippen molar-refractivity contribution in [1.29, 1.82) is 0 Å². The highest BCUT2D eigenvalue weighted by Crippen LogP contribution is 2.29. The Bertz CT molecular complexity index is 1200. The SMILES string of the molecule is Cc1c2cnn(CC(=O)NC3CCCC(C)C3C)c(=O)c2c(C)n1Cc1ccc(Cl)cc1. The number of carbonyl (C=O) groups excluding carboxylic acids is 1. The lowest BCUT2D eigenvalue weighted by atomic mass is 9.78. The first-order valence-corrected chi connectivity index (χ1v) is 11.7. The fourth-order valence-electron chi connectivity index (χ4n) is 4.94. The van der Waals surface area contributed by atoms with Gasteiger partial charge in [0.05, 0.1) is 11.6 Å². The van der Waals surface area contributed by atoms with Crippen molar-refractivity contribution in [3.63, 3.8) is 0 Å². The molecule has 6 nitrogen and oxygen atoms in total. The maximum Gasteiger partial charge on any atom is 0.276 e. The van der Waals surface area contributed by atoms with Crippen molar-refractivity contribution in [2.75, 3.05) is 0 Å². The van der Waals surface area contributed by atoms with E-state index in [-0.39, 0.29) is 24.1 Å². The molecule has 2 aromatic heterocycles. The Balaban J connectivity index is 1.58. The van der Waals surface area contributed by atoms with Crippen molar-refractivity contribution in [1.82, 2.24) is 19.7 Å². The highest BCUT2D eigenvalue weighted by atomic mass is 35.5. The van der Waals surface area contributed by atoms with E-state index in [0.717, 1.165) is 35.2 Å². The van der Waals surface area contributed by atoms with Crippen molar-refractivity contribution in [2.24, 2.45) is 11.8 Å². The van der Waals surface area contributed by atoms with Gasteiger partial charge in [0.2, 0.25) is 5.91 Å². The Morgan fingerprint density at radius 3 is 2.59 bits per heavy atom. The molecule has 3 atom stereocenters. The summed E-state index contributed by atoms with van der Waals surface area (Å²) in [6, 6.07) is 7.87. The minimum atomic E-state index is -0.224. The van der Waals surface area contributed by atoms with Crippen LogP contribution in [0.3, 0.4) is 0 Å². The quantitative estimate of drug-likeness (QED) is 0.618. The normalized spacial score (nSPS) is 21.1. The molecule has 3 unspecified atom stereocenters. The zero-order chi connectivity index (χ0) is 23.0. The summed E-state index contributed by atoms with van der Waals surface area (Å²) in [5.74, 6) is 0.879. The summed E-state index contributed by atoms with van der Waals surface area (Å²) in [4.78, 5) is 26.0. The van der Waals surface area contributed by atoms with Gasteiger partial charge in [0.1, 0.15) is 6.54 Å². The van der Waals surface area contributed by atoms with Gasteiger partial charge in [-0.25, -0.2) is 4.68 Å². The maximum atomic E-state index is 13.2. The van der Waals surface area contributed by atoms with Crippen molar-refractivity contribution in [3.8, 4) is 0 Å². The van der Waals surface area contributed by atoms with E-state index in [9.17, 15) is 9.59 Å². The number of nitrogens with zero attached hydrogens (tertiary/aromatic N) is 3. The maximum absolute atomic E-state index is 13.2. The van der Waals surface area contributed by atoms with Gasteiger partial charge in [0.25, 0.3) is 5.56 Å². The molecule has 170 valence electrons. The highest BCUT2D eigenvalue weighted by molar-refractivity contribution is 6.30. The molecule has 0 bridgehead atoms. The summed E-state index contributed by atoms with van der Waals surface area (Å²) in [6.07, 6.45) is 5.03. The Morgan fingerprint density at radius 1 is 1.16 bits per heavy atom. The first kappa shape index (κ1) is 22.6. The fourth-order valence-corrected chi connectivity index (χ4v) is 5.07. The van der Waals surface area contributed by atoms with E-state index in [1.165, 1.54) is 11.1 Å². The van der Waals surface area contributed by atoms with Gasteiger partial charge in [0, 0.05) is 34.4 Å². The van der Waals surface area contributed by atoms with Crippen molar-refractivity contribution in [3.05, 3.63) is 62.8 Å². The Hall–Kier alpha value is -2.60. The summed E-state index contributed by atoms with van der Waals surface area (Å²) >= 11 is 6.01. The Kier molecular flexibility index (Phi) is 6.42. The van der Waals surface area contributed by atoms with Crippen LogP contribution in [0.2, 0.25) is 5.02 Å².